The fraction of sp³-hybridized carbons (Fsp3) is 0.923. The van der Waals surface area contributed by atoms with Gasteiger partial charge in [-0.15, -0.1) is 0 Å². The molecule has 2 N–H and O–H groups in total. The molecule has 0 spiro atoms. The van der Waals surface area contributed by atoms with Crippen LogP contribution in [0.1, 0.15) is 20.3 Å². The normalized spacial score (nSPS) is 12.4. The molecule has 0 unspecified atom stereocenters. The van der Waals surface area contributed by atoms with Gasteiger partial charge in [0, 0.05) is 26.3 Å². The molecule has 0 rings (SSSR count). The molecule has 0 radical (unpaired) electrons. The highest BCUT2D eigenvalue weighted by Gasteiger charge is 2.20. The highest BCUT2D eigenvalue weighted by Crippen LogP contribution is 2.03. The Morgan fingerprint density at radius 2 is 1.74 bits per heavy atom. The second-order valence-corrected chi connectivity index (χ2v) is 5.09. The van der Waals surface area contributed by atoms with Crippen LogP contribution in [0.5, 0.6) is 0 Å². The van der Waals surface area contributed by atoms with Gasteiger partial charge in [0.25, 0.3) is 0 Å². The van der Waals surface area contributed by atoms with Gasteiger partial charge in [-0.1, -0.05) is 0 Å². The third-order valence-corrected chi connectivity index (χ3v) is 3.33. The molecule has 5 nitrogen and oxygen atoms in total. The Balaban J connectivity index is 4.21. The molecule has 1 atom stereocenters. The average Bonchev–Trinajstić information content (AvgIpc) is 2.42. The summed E-state index contributed by atoms with van der Waals surface area (Å²) in [5, 5.41) is 0. The molecule has 0 heterocycles. The van der Waals surface area contributed by atoms with Crippen LogP contribution in [0.2, 0.25) is 0 Å². The Kier molecular flexibility index (Phi) is 12.5. The molecule has 0 aromatic rings. The molecule has 0 aliphatic rings. The predicted octanol–water partition coefficient (Wildman–Crippen LogP) is 0.968. The monoisotopic (exact) mass is 292 g/mol. The van der Waals surface area contributed by atoms with E-state index in [1.165, 1.54) is 0 Å². The third kappa shape index (κ3) is 9.27. The van der Waals surface area contributed by atoms with Crippen molar-refractivity contribution in [2.45, 2.75) is 26.3 Å². The maximum absolute atomic E-state index is 12.2. The Morgan fingerprint density at radius 1 is 1.21 bits per heavy atom. The maximum Gasteiger partial charge on any atom is 0.239 e. The SMILES string of the molecule is CCOCCN(CCOCC)C(=O)[C@H](N)CCSC. The zero-order valence-electron chi connectivity index (χ0n) is 12.4. The van der Waals surface area contributed by atoms with E-state index in [0.717, 1.165) is 5.75 Å². The summed E-state index contributed by atoms with van der Waals surface area (Å²) in [7, 11) is 0. The standard InChI is InChI=1S/C13H28N2O3S/c1-4-17-9-7-15(8-10-18-5-2)13(16)12(14)6-11-19-3/h12H,4-11,14H2,1-3H3/t12-/m1/s1. The molecule has 6 heteroatoms. The summed E-state index contributed by atoms with van der Waals surface area (Å²) in [5.41, 5.74) is 5.93. The minimum Gasteiger partial charge on any atom is -0.380 e. The lowest BCUT2D eigenvalue weighted by Crippen LogP contribution is -2.46. The van der Waals surface area contributed by atoms with E-state index in [1.807, 2.05) is 20.1 Å². The number of carbonyl (C=O) groups excluding carboxylic acids is 1. The van der Waals surface area contributed by atoms with Crippen LogP contribution in [-0.4, -0.2) is 68.4 Å². The number of amides is 1. The minimum atomic E-state index is -0.421. The van der Waals surface area contributed by atoms with E-state index in [9.17, 15) is 4.79 Å². The minimum absolute atomic E-state index is 0.00606. The van der Waals surface area contributed by atoms with Gasteiger partial charge in [-0.3, -0.25) is 4.79 Å². The molecule has 0 saturated heterocycles. The Hall–Kier alpha value is -0.300. The summed E-state index contributed by atoms with van der Waals surface area (Å²) in [6, 6.07) is -0.421. The van der Waals surface area contributed by atoms with Gasteiger partial charge in [0.2, 0.25) is 5.91 Å². The molecule has 0 aromatic carbocycles. The van der Waals surface area contributed by atoms with Crippen LogP contribution >= 0.6 is 11.8 Å². The van der Waals surface area contributed by atoms with Crippen molar-refractivity contribution in [3.8, 4) is 0 Å². The number of nitrogens with zero attached hydrogens (tertiary/aromatic N) is 1. The number of carbonyl (C=O) groups is 1. The van der Waals surface area contributed by atoms with Crippen LogP contribution in [0, 0.1) is 0 Å². The maximum atomic E-state index is 12.2. The van der Waals surface area contributed by atoms with Crippen LogP contribution in [0.25, 0.3) is 0 Å². The predicted molar refractivity (Wildman–Crippen MR) is 80.5 cm³/mol. The lowest BCUT2D eigenvalue weighted by atomic mass is 10.2. The molecule has 0 saturated carbocycles. The number of ether oxygens (including phenoxy) is 2. The molecule has 1 amide bonds. The van der Waals surface area contributed by atoms with Gasteiger partial charge in [0.1, 0.15) is 0 Å². The first kappa shape index (κ1) is 18.7. The fourth-order valence-corrected chi connectivity index (χ4v) is 2.06. The molecule has 0 aromatic heterocycles. The highest BCUT2D eigenvalue weighted by molar-refractivity contribution is 7.98. The molecular weight excluding hydrogens is 264 g/mol. The van der Waals surface area contributed by atoms with E-state index in [1.54, 1.807) is 16.7 Å². The van der Waals surface area contributed by atoms with E-state index in [2.05, 4.69) is 0 Å². The first-order valence-electron chi connectivity index (χ1n) is 6.86. The summed E-state index contributed by atoms with van der Waals surface area (Å²) in [6.45, 7) is 7.44. The van der Waals surface area contributed by atoms with Gasteiger partial charge < -0.3 is 20.1 Å². The van der Waals surface area contributed by atoms with Crippen LogP contribution in [0.15, 0.2) is 0 Å². The van der Waals surface area contributed by atoms with Crippen molar-refractivity contribution in [1.82, 2.24) is 4.90 Å². The quantitative estimate of drug-likeness (QED) is 0.543. The van der Waals surface area contributed by atoms with Gasteiger partial charge >= 0.3 is 0 Å². The zero-order chi connectivity index (χ0) is 14.5. The van der Waals surface area contributed by atoms with Gasteiger partial charge in [-0.25, -0.2) is 0 Å². The van der Waals surface area contributed by atoms with Gasteiger partial charge in [-0.05, 0) is 32.3 Å². The van der Waals surface area contributed by atoms with Crippen molar-refractivity contribution < 1.29 is 14.3 Å². The Bertz CT molecular complexity index is 220. The lowest BCUT2D eigenvalue weighted by Gasteiger charge is -2.25. The van der Waals surface area contributed by atoms with Crippen molar-refractivity contribution in [3.05, 3.63) is 0 Å². The van der Waals surface area contributed by atoms with E-state index in [4.69, 9.17) is 15.2 Å². The molecular formula is C13H28N2O3S. The van der Waals surface area contributed by atoms with Crippen molar-refractivity contribution in [2.75, 3.05) is 51.5 Å². The summed E-state index contributed by atoms with van der Waals surface area (Å²) in [5.74, 6) is 0.894. The van der Waals surface area contributed by atoms with E-state index >= 15 is 0 Å². The van der Waals surface area contributed by atoms with Crippen LogP contribution < -0.4 is 5.73 Å². The number of hydrogen-bond acceptors (Lipinski definition) is 5. The summed E-state index contributed by atoms with van der Waals surface area (Å²) in [4.78, 5) is 14.0. The highest BCUT2D eigenvalue weighted by atomic mass is 32.2. The average molecular weight is 292 g/mol. The first-order chi connectivity index (χ1) is 9.17. The molecule has 19 heavy (non-hydrogen) atoms. The fourth-order valence-electron chi connectivity index (χ4n) is 1.57. The van der Waals surface area contributed by atoms with Crippen LogP contribution in [0.3, 0.4) is 0 Å². The topological polar surface area (TPSA) is 64.8 Å². The van der Waals surface area contributed by atoms with Crippen molar-refractivity contribution in [2.24, 2.45) is 5.73 Å². The summed E-state index contributed by atoms with van der Waals surface area (Å²) >= 11 is 1.70. The molecule has 0 fully saturated rings. The molecule has 114 valence electrons. The van der Waals surface area contributed by atoms with Crippen LogP contribution in [0.4, 0.5) is 0 Å². The van der Waals surface area contributed by atoms with Crippen LogP contribution in [-0.2, 0) is 14.3 Å². The molecule has 0 bridgehead atoms. The Morgan fingerprint density at radius 3 is 2.16 bits per heavy atom. The van der Waals surface area contributed by atoms with Gasteiger partial charge in [0.15, 0.2) is 0 Å². The largest absolute Gasteiger partial charge is 0.380 e. The molecule has 0 aliphatic carbocycles. The number of thioether (sulfide) groups is 1. The number of nitrogens with two attached hydrogens (primary N) is 1. The second-order valence-electron chi connectivity index (χ2n) is 4.11. The summed E-state index contributed by atoms with van der Waals surface area (Å²) < 4.78 is 10.6. The van der Waals surface area contributed by atoms with Gasteiger partial charge in [0.05, 0.1) is 19.3 Å². The van der Waals surface area contributed by atoms with E-state index in [0.29, 0.717) is 45.9 Å². The summed E-state index contributed by atoms with van der Waals surface area (Å²) in [6.07, 6.45) is 2.72. The third-order valence-electron chi connectivity index (χ3n) is 2.68. The van der Waals surface area contributed by atoms with Crippen molar-refractivity contribution in [1.29, 1.82) is 0 Å². The van der Waals surface area contributed by atoms with Crippen molar-refractivity contribution >= 4 is 17.7 Å². The number of rotatable bonds is 12. The smallest absolute Gasteiger partial charge is 0.239 e. The number of hydrogen-bond donors (Lipinski definition) is 1. The second kappa shape index (κ2) is 12.7. The lowest BCUT2D eigenvalue weighted by molar-refractivity contribution is -0.134. The molecule has 0 aliphatic heterocycles. The Labute approximate surface area is 121 Å². The first-order valence-corrected chi connectivity index (χ1v) is 8.25. The van der Waals surface area contributed by atoms with Crippen molar-refractivity contribution in [3.63, 3.8) is 0 Å². The van der Waals surface area contributed by atoms with E-state index in [-0.39, 0.29) is 5.91 Å². The van der Waals surface area contributed by atoms with E-state index < -0.39 is 6.04 Å². The zero-order valence-corrected chi connectivity index (χ0v) is 13.2. The van der Waals surface area contributed by atoms with Gasteiger partial charge in [-0.2, -0.15) is 11.8 Å².